The van der Waals surface area contributed by atoms with E-state index in [0.717, 1.165) is 24.7 Å². The number of rotatable bonds is 6. The van der Waals surface area contributed by atoms with Gasteiger partial charge in [-0.25, -0.2) is 0 Å². The monoisotopic (exact) mass is 472 g/mol. The second-order valence-electron chi connectivity index (χ2n) is 14.0. The summed E-state index contributed by atoms with van der Waals surface area (Å²) in [5, 5.41) is 31.6. The summed E-state index contributed by atoms with van der Waals surface area (Å²) in [6.45, 7) is 16.1. The van der Waals surface area contributed by atoms with Crippen molar-refractivity contribution in [3.05, 3.63) is 22.8 Å². The summed E-state index contributed by atoms with van der Waals surface area (Å²) in [6, 6.07) is 0. The number of hydrogen-bond acceptors (Lipinski definition) is 3. The zero-order valence-electron chi connectivity index (χ0n) is 23.0. The summed E-state index contributed by atoms with van der Waals surface area (Å²) >= 11 is 0. The molecule has 34 heavy (non-hydrogen) atoms. The molecule has 4 rings (SSSR count). The normalized spacial score (nSPS) is 42.9. The van der Waals surface area contributed by atoms with E-state index in [1.165, 1.54) is 50.5 Å². The van der Waals surface area contributed by atoms with Crippen LogP contribution < -0.4 is 0 Å². The maximum Gasteiger partial charge on any atom is 0.0824 e. The Balaban J connectivity index is 1.63. The summed E-state index contributed by atoms with van der Waals surface area (Å²) in [4.78, 5) is 0. The second-order valence-corrected chi connectivity index (χ2v) is 14.0. The first-order valence-electron chi connectivity index (χ1n) is 14.2. The molecule has 0 amide bonds. The molecule has 4 aliphatic rings. The van der Waals surface area contributed by atoms with Gasteiger partial charge in [0.1, 0.15) is 0 Å². The minimum absolute atomic E-state index is 0.0195. The van der Waals surface area contributed by atoms with Crippen molar-refractivity contribution in [2.24, 2.45) is 45.8 Å². The van der Waals surface area contributed by atoms with Gasteiger partial charge < -0.3 is 15.3 Å². The van der Waals surface area contributed by atoms with Gasteiger partial charge in [0.15, 0.2) is 0 Å². The molecule has 3 nitrogen and oxygen atoms in total. The topological polar surface area (TPSA) is 60.7 Å². The molecule has 0 aliphatic heterocycles. The van der Waals surface area contributed by atoms with Gasteiger partial charge in [0, 0.05) is 5.92 Å². The molecule has 0 spiro atoms. The highest BCUT2D eigenvalue weighted by molar-refractivity contribution is 5.36. The predicted molar refractivity (Wildman–Crippen MR) is 140 cm³/mol. The number of hydrogen-bond donors (Lipinski definition) is 3. The molecule has 0 bridgehead atoms. The summed E-state index contributed by atoms with van der Waals surface area (Å²) in [7, 11) is 0. The van der Waals surface area contributed by atoms with Crippen molar-refractivity contribution in [3.63, 3.8) is 0 Å². The molecule has 4 aliphatic carbocycles. The zero-order chi connectivity index (χ0) is 25.1. The van der Waals surface area contributed by atoms with Crippen LogP contribution in [-0.2, 0) is 0 Å². The first-order chi connectivity index (χ1) is 15.9. The predicted octanol–water partition coefficient (Wildman–Crippen LogP) is 6.67. The van der Waals surface area contributed by atoms with Gasteiger partial charge in [0.25, 0.3) is 0 Å². The summed E-state index contributed by atoms with van der Waals surface area (Å²) in [6.07, 6.45) is 11.8. The Morgan fingerprint density at radius 1 is 1.09 bits per heavy atom. The average Bonchev–Trinajstić information content (AvgIpc) is 3.13. The largest absolute Gasteiger partial charge is 0.394 e. The molecule has 0 radical (unpaired) electrons. The lowest BCUT2D eigenvalue weighted by Crippen LogP contribution is -2.59. The molecule has 0 aromatic heterocycles. The first kappa shape index (κ1) is 26.4. The van der Waals surface area contributed by atoms with E-state index in [0.29, 0.717) is 17.3 Å². The molecule has 0 heterocycles. The standard InChI is InChI=1S/C31H52O3/c1-19(2)9-8-10-20(3)23-12-13-24-21-11-14-27-29(4,5)28(34)22(26(33)18-32)17-31(27,7)25(21)15-16-30(23,24)6/h9,20,22-24,26-28,32-34H,8,10-18H2,1-7H3/t20-,22+,23-,24+,26+,27?,28+,30-,31-/m1/s1. The quantitative estimate of drug-likeness (QED) is 0.378. The lowest BCUT2D eigenvalue weighted by Gasteiger charge is -2.62. The molecule has 194 valence electrons. The molecular weight excluding hydrogens is 420 g/mol. The van der Waals surface area contributed by atoms with Gasteiger partial charge in [-0.3, -0.25) is 0 Å². The highest BCUT2D eigenvalue weighted by atomic mass is 16.3. The molecule has 3 N–H and O–H groups in total. The number of allylic oxidation sites excluding steroid dienone is 4. The van der Waals surface area contributed by atoms with Crippen LogP contribution in [0.2, 0.25) is 0 Å². The smallest absolute Gasteiger partial charge is 0.0824 e. The van der Waals surface area contributed by atoms with E-state index in [4.69, 9.17) is 0 Å². The first-order valence-corrected chi connectivity index (χ1v) is 14.2. The van der Waals surface area contributed by atoms with E-state index in [-0.39, 0.29) is 23.4 Å². The molecule has 2 fully saturated rings. The third-order valence-electron chi connectivity index (χ3n) is 11.6. The van der Waals surface area contributed by atoms with E-state index < -0.39 is 12.2 Å². The minimum atomic E-state index is -0.843. The Labute approximate surface area is 209 Å². The highest BCUT2D eigenvalue weighted by Gasteiger charge is 2.61. The Kier molecular flexibility index (Phi) is 7.26. The van der Waals surface area contributed by atoms with E-state index >= 15 is 0 Å². The fourth-order valence-corrected chi connectivity index (χ4v) is 9.84. The third kappa shape index (κ3) is 4.06. The zero-order valence-corrected chi connectivity index (χ0v) is 23.0. The van der Waals surface area contributed by atoms with Crippen molar-refractivity contribution in [2.75, 3.05) is 6.61 Å². The lowest BCUT2D eigenvalue weighted by molar-refractivity contribution is -0.159. The Morgan fingerprint density at radius 2 is 1.79 bits per heavy atom. The molecular formula is C31H52O3. The van der Waals surface area contributed by atoms with Gasteiger partial charge in [-0.15, -0.1) is 0 Å². The fourth-order valence-electron chi connectivity index (χ4n) is 9.84. The molecule has 0 aromatic carbocycles. The maximum absolute atomic E-state index is 11.2. The molecule has 0 saturated heterocycles. The lowest BCUT2D eigenvalue weighted by atomic mass is 9.44. The van der Waals surface area contributed by atoms with Crippen molar-refractivity contribution in [1.82, 2.24) is 0 Å². The van der Waals surface area contributed by atoms with Crippen LogP contribution in [0.1, 0.15) is 106 Å². The number of aliphatic hydroxyl groups is 3. The van der Waals surface area contributed by atoms with Crippen LogP contribution in [-0.4, -0.2) is 34.1 Å². The van der Waals surface area contributed by atoms with Crippen molar-refractivity contribution in [2.45, 2.75) is 118 Å². The summed E-state index contributed by atoms with van der Waals surface area (Å²) in [5.74, 6) is 2.47. The van der Waals surface area contributed by atoms with Gasteiger partial charge in [-0.05, 0) is 112 Å². The molecule has 1 unspecified atom stereocenters. The molecule has 2 saturated carbocycles. The van der Waals surface area contributed by atoms with Crippen molar-refractivity contribution in [3.8, 4) is 0 Å². The van der Waals surface area contributed by atoms with Crippen molar-refractivity contribution < 1.29 is 15.3 Å². The SMILES string of the molecule is CC(C)=CCC[C@@H](C)[C@H]1CC[C@H]2C3=C(CC[C@]12C)[C@@]1(C)C[C@@H]([C@@H](O)CO)[C@H](O)C(C)(C)C1CC3. The van der Waals surface area contributed by atoms with Gasteiger partial charge in [-0.2, -0.15) is 0 Å². The van der Waals surface area contributed by atoms with E-state index in [1.54, 1.807) is 11.1 Å². The van der Waals surface area contributed by atoms with Crippen LogP contribution in [0.25, 0.3) is 0 Å². The van der Waals surface area contributed by atoms with Crippen LogP contribution >= 0.6 is 0 Å². The summed E-state index contributed by atoms with van der Waals surface area (Å²) < 4.78 is 0. The van der Waals surface area contributed by atoms with E-state index in [9.17, 15) is 15.3 Å². The van der Waals surface area contributed by atoms with Crippen molar-refractivity contribution >= 4 is 0 Å². The Morgan fingerprint density at radius 3 is 2.44 bits per heavy atom. The van der Waals surface area contributed by atoms with Crippen LogP contribution in [0.5, 0.6) is 0 Å². The Bertz CT molecular complexity index is 821. The maximum atomic E-state index is 11.2. The van der Waals surface area contributed by atoms with E-state index in [1.807, 2.05) is 0 Å². The van der Waals surface area contributed by atoms with Gasteiger partial charge in [-0.1, -0.05) is 57.4 Å². The van der Waals surface area contributed by atoms with Crippen LogP contribution in [0.4, 0.5) is 0 Å². The molecule has 0 aromatic rings. The fraction of sp³-hybridized carbons (Fsp3) is 0.871. The van der Waals surface area contributed by atoms with Crippen molar-refractivity contribution in [1.29, 1.82) is 0 Å². The van der Waals surface area contributed by atoms with E-state index in [2.05, 4.69) is 54.5 Å². The van der Waals surface area contributed by atoms with Crippen LogP contribution in [0.15, 0.2) is 22.8 Å². The Hall–Kier alpha value is -0.640. The minimum Gasteiger partial charge on any atom is -0.394 e. The average molecular weight is 473 g/mol. The number of aliphatic hydroxyl groups excluding tert-OH is 3. The van der Waals surface area contributed by atoms with Gasteiger partial charge >= 0.3 is 0 Å². The second kappa shape index (κ2) is 9.34. The third-order valence-corrected chi connectivity index (χ3v) is 11.6. The number of fused-ring (bicyclic) bond motifs is 4. The summed E-state index contributed by atoms with van der Waals surface area (Å²) in [5.41, 5.74) is 5.05. The van der Waals surface area contributed by atoms with Gasteiger partial charge in [0.05, 0.1) is 18.8 Å². The van der Waals surface area contributed by atoms with Gasteiger partial charge in [0.2, 0.25) is 0 Å². The van der Waals surface area contributed by atoms with Crippen LogP contribution in [0, 0.1) is 45.8 Å². The highest BCUT2D eigenvalue weighted by Crippen LogP contribution is 2.68. The van der Waals surface area contributed by atoms with Crippen LogP contribution in [0.3, 0.4) is 0 Å². The molecule has 3 heteroatoms. The molecule has 9 atom stereocenters.